The van der Waals surface area contributed by atoms with Crippen molar-refractivity contribution in [1.29, 1.82) is 0 Å². The van der Waals surface area contributed by atoms with Gasteiger partial charge in [0, 0.05) is 37.9 Å². The fourth-order valence-corrected chi connectivity index (χ4v) is 2.39. The Kier molecular flexibility index (Phi) is 3.26. The maximum absolute atomic E-state index is 12.2. The summed E-state index contributed by atoms with van der Waals surface area (Å²) in [6.07, 6.45) is 7.94. The number of likely N-dealkylation sites (tertiary alicyclic amines) is 1. The van der Waals surface area contributed by atoms with Gasteiger partial charge in [0.2, 0.25) is 11.7 Å². The highest BCUT2D eigenvalue weighted by atomic mass is 16.5. The Morgan fingerprint density at radius 2 is 2.04 bits per heavy atom. The smallest absolute Gasteiger partial charge is 0.255 e. The lowest BCUT2D eigenvalue weighted by atomic mass is 9.99. The summed E-state index contributed by atoms with van der Waals surface area (Å²) in [5.41, 5.74) is 1.14. The van der Waals surface area contributed by atoms with Crippen LogP contribution in [0.25, 0.3) is 11.5 Å². The van der Waals surface area contributed by atoms with Crippen LogP contribution < -0.4 is 0 Å². The van der Waals surface area contributed by atoms with Gasteiger partial charge >= 0.3 is 0 Å². The summed E-state index contributed by atoms with van der Waals surface area (Å²) < 4.78 is 5.28. The largest absolute Gasteiger partial charge is 0.338 e. The number of carbonyl (C=O) groups is 1. The highest BCUT2D eigenvalue weighted by molar-refractivity contribution is 5.94. The fourth-order valence-electron chi connectivity index (χ4n) is 2.39. The van der Waals surface area contributed by atoms with Gasteiger partial charge in [-0.1, -0.05) is 5.16 Å². The van der Waals surface area contributed by atoms with Crippen molar-refractivity contribution < 1.29 is 9.32 Å². The van der Waals surface area contributed by atoms with Crippen molar-refractivity contribution in [2.24, 2.45) is 0 Å². The molecule has 0 bridgehead atoms. The second-order valence-corrected chi connectivity index (χ2v) is 5.20. The lowest BCUT2D eigenvalue weighted by Gasteiger charge is -2.37. The molecule has 3 aromatic heterocycles. The molecule has 8 nitrogen and oxygen atoms in total. The summed E-state index contributed by atoms with van der Waals surface area (Å²) in [5.74, 6) is 0.933. The van der Waals surface area contributed by atoms with Crippen LogP contribution in [0.3, 0.4) is 0 Å². The third-order valence-electron chi connectivity index (χ3n) is 3.66. The van der Waals surface area contributed by atoms with Gasteiger partial charge in [-0.3, -0.25) is 14.8 Å². The molecule has 114 valence electrons. The number of hydrogen-bond donors (Lipinski definition) is 0. The first-order valence-corrected chi connectivity index (χ1v) is 7.10. The predicted molar refractivity (Wildman–Crippen MR) is 78.2 cm³/mol. The van der Waals surface area contributed by atoms with Crippen molar-refractivity contribution >= 4 is 5.91 Å². The van der Waals surface area contributed by atoms with Gasteiger partial charge in [0.1, 0.15) is 5.69 Å². The minimum atomic E-state index is -0.0389. The van der Waals surface area contributed by atoms with E-state index in [2.05, 4.69) is 25.1 Å². The first-order chi connectivity index (χ1) is 11.3. The van der Waals surface area contributed by atoms with Crippen LogP contribution in [0, 0.1) is 0 Å². The van der Waals surface area contributed by atoms with Crippen LogP contribution in [0.15, 0.2) is 47.6 Å². The van der Waals surface area contributed by atoms with Gasteiger partial charge in [-0.15, -0.1) is 0 Å². The normalized spacial score (nSPS) is 14.5. The summed E-state index contributed by atoms with van der Waals surface area (Å²) in [6, 6.07) is 3.50. The molecule has 4 rings (SSSR count). The van der Waals surface area contributed by atoms with Gasteiger partial charge in [-0.05, 0) is 12.1 Å². The van der Waals surface area contributed by atoms with Crippen LogP contribution in [-0.4, -0.2) is 49.0 Å². The summed E-state index contributed by atoms with van der Waals surface area (Å²) in [6.45, 7) is 1.10. The molecule has 23 heavy (non-hydrogen) atoms. The molecular formula is C15H12N6O2. The van der Waals surface area contributed by atoms with Crippen molar-refractivity contribution in [1.82, 2.24) is 30.0 Å². The third-order valence-corrected chi connectivity index (χ3v) is 3.66. The number of rotatable bonds is 3. The van der Waals surface area contributed by atoms with E-state index in [1.165, 1.54) is 0 Å². The van der Waals surface area contributed by atoms with Crippen LogP contribution >= 0.6 is 0 Å². The predicted octanol–water partition coefficient (Wildman–Crippen LogP) is 1.16. The molecular weight excluding hydrogens is 296 g/mol. The van der Waals surface area contributed by atoms with Gasteiger partial charge in [0.15, 0.2) is 0 Å². The van der Waals surface area contributed by atoms with Gasteiger partial charge in [-0.2, -0.15) is 4.98 Å². The zero-order chi connectivity index (χ0) is 15.6. The summed E-state index contributed by atoms with van der Waals surface area (Å²) in [4.78, 5) is 30.4. The summed E-state index contributed by atoms with van der Waals surface area (Å²) >= 11 is 0. The molecule has 1 saturated heterocycles. The van der Waals surface area contributed by atoms with E-state index in [1.807, 2.05) is 0 Å². The second-order valence-electron chi connectivity index (χ2n) is 5.20. The molecule has 0 radical (unpaired) electrons. The van der Waals surface area contributed by atoms with E-state index < -0.39 is 0 Å². The maximum Gasteiger partial charge on any atom is 0.255 e. The van der Waals surface area contributed by atoms with E-state index in [0.717, 1.165) is 0 Å². The Balaban J connectivity index is 1.43. The lowest BCUT2D eigenvalue weighted by molar-refractivity contribution is 0.0569. The number of aromatic nitrogens is 5. The fraction of sp³-hybridized carbons (Fsp3) is 0.200. The van der Waals surface area contributed by atoms with Crippen LogP contribution in [0.4, 0.5) is 0 Å². The topological polar surface area (TPSA) is 97.9 Å². The molecule has 3 aromatic rings. The minimum Gasteiger partial charge on any atom is -0.338 e. The Morgan fingerprint density at radius 3 is 2.78 bits per heavy atom. The Labute approximate surface area is 131 Å². The van der Waals surface area contributed by atoms with Crippen molar-refractivity contribution in [2.45, 2.75) is 5.92 Å². The van der Waals surface area contributed by atoms with Crippen LogP contribution in [0.2, 0.25) is 0 Å². The number of pyridine rings is 1. The molecule has 0 spiro atoms. The van der Waals surface area contributed by atoms with E-state index in [4.69, 9.17) is 4.52 Å². The number of nitrogens with zero attached hydrogens (tertiary/aromatic N) is 6. The molecule has 0 unspecified atom stereocenters. The van der Waals surface area contributed by atoms with E-state index in [0.29, 0.717) is 36.1 Å². The Morgan fingerprint density at radius 1 is 1.17 bits per heavy atom. The molecule has 1 aliphatic rings. The minimum absolute atomic E-state index is 0.0389. The Hall–Kier alpha value is -3.16. The molecule has 8 heteroatoms. The first-order valence-electron chi connectivity index (χ1n) is 7.10. The lowest BCUT2D eigenvalue weighted by Crippen LogP contribution is -2.48. The van der Waals surface area contributed by atoms with Gasteiger partial charge in [-0.25, -0.2) is 4.98 Å². The highest BCUT2D eigenvalue weighted by Crippen LogP contribution is 2.28. The second kappa shape index (κ2) is 5.56. The molecule has 1 aliphatic heterocycles. The zero-order valence-corrected chi connectivity index (χ0v) is 12.0. The molecule has 0 atom stereocenters. The monoisotopic (exact) mass is 308 g/mol. The van der Waals surface area contributed by atoms with Gasteiger partial charge < -0.3 is 9.42 Å². The van der Waals surface area contributed by atoms with Gasteiger partial charge in [0.25, 0.3) is 5.91 Å². The standard InChI is InChI=1S/C15H12N6O2/c22-15(10-2-1-3-16-6-10)21-8-11(9-21)14-19-13(20-23-14)12-7-17-4-5-18-12/h1-7,11H,8-9H2. The average molecular weight is 308 g/mol. The molecule has 0 aliphatic carbocycles. The zero-order valence-electron chi connectivity index (χ0n) is 12.0. The SMILES string of the molecule is O=C(c1cccnc1)N1CC(c2nc(-c3cnccn3)no2)C1. The molecule has 0 aromatic carbocycles. The van der Waals surface area contributed by atoms with E-state index in [-0.39, 0.29) is 11.8 Å². The number of amides is 1. The Bertz CT molecular complexity index is 814. The van der Waals surface area contributed by atoms with Gasteiger partial charge in [0.05, 0.1) is 17.7 Å². The summed E-state index contributed by atoms with van der Waals surface area (Å²) in [7, 11) is 0. The number of hydrogen-bond acceptors (Lipinski definition) is 7. The van der Waals surface area contributed by atoms with E-state index in [1.54, 1.807) is 48.0 Å². The molecule has 1 amide bonds. The van der Waals surface area contributed by atoms with Crippen LogP contribution in [-0.2, 0) is 0 Å². The van der Waals surface area contributed by atoms with Crippen molar-refractivity contribution in [3.63, 3.8) is 0 Å². The number of carbonyl (C=O) groups excluding carboxylic acids is 1. The first kappa shape index (κ1) is 13.5. The average Bonchev–Trinajstić information content (AvgIpc) is 3.05. The summed E-state index contributed by atoms with van der Waals surface area (Å²) in [5, 5.41) is 3.92. The van der Waals surface area contributed by atoms with Crippen molar-refractivity contribution in [3.05, 3.63) is 54.6 Å². The quantitative estimate of drug-likeness (QED) is 0.716. The molecule has 4 heterocycles. The van der Waals surface area contributed by atoms with E-state index >= 15 is 0 Å². The third kappa shape index (κ3) is 2.54. The highest BCUT2D eigenvalue weighted by Gasteiger charge is 2.36. The maximum atomic E-state index is 12.2. The van der Waals surface area contributed by atoms with Crippen molar-refractivity contribution in [2.75, 3.05) is 13.1 Å². The molecule has 1 fully saturated rings. The van der Waals surface area contributed by atoms with Crippen molar-refractivity contribution in [3.8, 4) is 11.5 Å². The van der Waals surface area contributed by atoms with Crippen LogP contribution in [0.1, 0.15) is 22.2 Å². The van der Waals surface area contributed by atoms with E-state index in [9.17, 15) is 4.79 Å². The molecule has 0 saturated carbocycles. The molecule has 0 N–H and O–H groups in total. The van der Waals surface area contributed by atoms with Crippen LogP contribution in [0.5, 0.6) is 0 Å².